The monoisotopic (exact) mass is 290 g/mol. The Kier molecular flexibility index (Phi) is 4.54. The van der Waals surface area contributed by atoms with Crippen molar-refractivity contribution in [2.45, 2.75) is 32.2 Å². The number of hydrogen-bond acceptors (Lipinski definition) is 2. The molecule has 0 saturated carbocycles. The maximum Gasteiger partial charge on any atom is 0.226 e. The molecule has 2 aliphatic heterocycles. The highest BCUT2D eigenvalue weighted by atomic mass is 19.1. The lowest BCUT2D eigenvalue weighted by atomic mass is 9.96. The van der Waals surface area contributed by atoms with Gasteiger partial charge >= 0.3 is 0 Å². The minimum absolute atomic E-state index is 0.150. The third kappa shape index (κ3) is 3.62. The van der Waals surface area contributed by atoms with E-state index in [0.717, 1.165) is 64.0 Å². The van der Waals surface area contributed by atoms with Crippen LogP contribution in [0.2, 0.25) is 0 Å². The van der Waals surface area contributed by atoms with Gasteiger partial charge in [0.15, 0.2) is 0 Å². The lowest BCUT2D eigenvalue weighted by Gasteiger charge is -2.34. The number of rotatable bonds is 3. The molecule has 1 aromatic rings. The molecular formula is C17H23FN2O. The molecule has 2 fully saturated rings. The smallest absolute Gasteiger partial charge is 0.226 e. The third-order valence-electron chi connectivity index (χ3n) is 4.59. The molecular weight excluding hydrogens is 267 g/mol. The van der Waals surface area contributed by atoms with Crippen LogP contribution in [0.3, 0.4) is 0 Å². The maximum absolute atomic E-state index is 12.9. The molecule has 0 radical (unpaired) electrons. The number of likely N-dealkylation sites (tertiary alicyclic amines) is 2. The number of carbonyl (C=O) groups is 1. The van der Waals surface area contributed by atoms with Crippen LogP contribution >= 0.6 is 0 Å². The normalized spacial score (nSPS) is 23.5. The molecule has 3 rings (SSSR count). The largest absolute Gasteiger partial charge is 0.342 e. The second-order valence-electron chi connectivity index (χ2n) is 6.23. The van der Waals surface area contributed by atoms with Crippen molar-refractivity contribution in [3.63, 3.8) is 0 Å². The van der Waals surface area contributed by atoms with Crippen LogP contribution in [0, 0.1) is 11.7 Å². The summed E-state index contributed by atoms with van der Waals surface area (Å²) >= 11 is 0. The Bertz CT molecular complexity index is 482. The van der Waals surface area contributed by atoms with Crippen molar-refractivity contribution in [3.05, 3.63) is 35.6 Å². The van der Waals surface area contributed by atoms with Gasteiger partial charge < -0.3 is 4.90 Å². The van der Waals surface area contributed by atoms with Crippen molar-refractivity contribution in [3.8, 4) is 0 Å². The van der Waals surface area contributed by atoms with Gasteiger partial charge in [-0.2, -0.15) is 0 Å². The van der Waals surface area contributed by atoms with Crippen LogP contribution in [0.1, 0.15) is 31.2 Å². The Balaban J connectivity index is 1.57. The molecule has 2 saturated heterocycles. The van der Waals surface area contributed by atoms with Crippen LogP contribution < -0.4 is 0 Å². The van der Waals surface area contributed by atoms with Gasteiger partial charge in [0.05, 0.1) is 5.92 Å². The van der Waals surface area contributed by atoms with Gasteiger partial charge in [0.25, 0.3) is 0 Å². The van der Waals surface area contributed by atoms with Gasteiger partial charge in [-0.3, -0.25) is 9.69 Å². The van der Waals surface area contributed by atoms with Crippen molar-refractivity contribution in [2.24, 2.45) is 5.92 Å². The van der Waals surface area contributed by atoms with Gasteiger partial charge in [-0.15, -0.1) is 0 Å². The average Bonchev–Trinajstić information content (AvgIpc) is 3.03. The van der Waals surface area contributed by atoms with Gasteiger partial charge in [-0.05, 0) is 49.9 Å². The minimum atomic E-state index is -0.195. The molecule has 3 nitrogen and oxygen atoms in total. The highest BCUT2D eigenvalue weighted by molar-refractivity contribution is 5.79. The average molecular weight is 290 g/mol. The van der Waals surface area contributed by atoms with E-state index < -0.39 is 0 Å². The number of benzene rings is 1. The Morgan fingerprint density at radius 1 is 1.10 bits per heavy atom. The molecule has 0 bridgehead atoms. The summed E-state index contributed by atoms with van der Waals surface area (Å²) in [4.78, 5) is 16.9. The first-order chi connectivity index (χ1) is 10.2. The molecule has 0 spiro atoms. The van der Waals surface area contributed by atoms with Crippen LogP contribution in [0.15, 0.2) is 24.3 Å². The molecule has 2 aliphatic rings. The maximum atomic E-state index is 12.9. The lowest BCUT2D eigenvalue weighted by molar-refractivity contribution is -0.136. The molecule has 4 heteroatoms. The van der Waals surface area contributed by atoms with Crippen molar-refractivity contribution in [1.82, 2.24) is 9.80 Å². The zero-order chi connectivity index (χ0) is 14.7. The molecule has 0 aliphatic carbocycles. The first-order valence-corrected chi connectivity index (χ1v) is 7.98. The van der Waals surface area contributed by atoms with E-state index in [9.17, 15) is 9.18 Å². The first kappa shape index (κ1) is 14.5. The number of hydrogen-bond donors (Lipinski definition) is 0. The van der Waals surface area contributed by atoms with Gasteiger partial charge in [0.1, 0.15) is 5.82 Å². The number of piperidine rings is 1. The van der Waals surface area contributed by atoms with Gasteiger partial charge in [-0.1, -0.05) is 12.1 Å². The summed E-state index contributed by atoms with van der Waals surface area (Å²) in [5.41, 5.74) is 1.12. The van der Waals surface area contributed by atoms with Crippen molar-refractivity contribution in [2.75, 3.05) is 26.2 Å². The van der Waals surface area contributed by atoms with E-state index in [1.807, 2.05) is 17.0 Å². The van der Waals surface area contributed by atoms with E-state index in [0.29, 0.717) is 5.91 Å². The van der Waals surface area contributed by atoms with Crippen LogP contribution in [0.25, 0.3) is 0 Å². The van der Waals surface area contributed by atoms with Crippen LogP contribution in [0.5, 0.6) is 0 Å². The second-order valence-corrected chi connectivity index (χ2v) is 6.23. The lowest BCUT2D eigenvalue weighted by Crippen LogP contribution is -2.43. The molecule has 0 unspecified atom stereocenters. The second kappa shape index (κ2) is 6.56. The number of carbonyl (C=O) groups excluding carboxylic acids is 1. The fraction of sp³-hybridized carbons (Fsp3) is 0.588. The van der Waals surface area contributed by atoms with Crippen molar-refractivity contribution >= 4 is 5.91 Å². The van der Waals surface area contributed by atoms with E-state index in [1.165, 1.54) is 12.1 Å². The fourth-order valence-electron chi connectivity index (χ4n) is 3.44. The standard InChI is InChI=1S/C17H23FN2O/c18-16-7-5-14(6-8-16)12-19-9-3-4-15(13-19)17(21)20-10-1-2-11-20/h5-8,15H,1-4,9-13H2/t15-/m1/s1. The van der Waals surface area contributed by atoms with Crippen molar-refractivity contribution in [1.29, 1.82) is 0 Å². The molecule has 0 N–H and O–H groups in total. The Hall–Kier alpha value is -1.42. The van der Waals surface area contributed by atoms with Crippen LogP contribution in [-0.2, 0) is 11.3 Å². The first-order valence-electron chi connectivity index (χ1n) is 7.98. The molecule has 1 aromatic carbocycles. The zero-order valence-corrected chi connectivity index (χ0v) is 12.4. The number of nitrogens with zero attached hydrogens (tertiary/aromatic N) is 2. The molecule has 1 atom stereocenters. The summed E-state index contributed by atoms with van der Waals surface area (Å²) in [5, 5.41) is 0. The fourth-order valence-corrected chi connectivity index (χ4v) is 3.44. The summed E-state index contributed by atoms with van der Waals surface area (Å²) in [6, 6.07) is 6.68. The van der Waals surface area contributed by atoms with Gasteiger partial charge in [-0.25, -0.2) is 4.39 Å². The third-order valence-corrected chi connectivity index (χ3v) is 4.59. The Morgan fingerprint density at radius 2 is 1.81 bits per heavy atom. The topological polar surface area (TPSA) is 23.6 Å². The SMILES string of the molecule is O=C([C@@H]1CCCN(Cc2ccc(F)cc2)C1)N1CCCC1. The van der Waals surface area contributed by atoms with Crippen molar-refractivity contribution < 1.29 is 9.18 Å². The summed E-state index contributed by atoms with van der Waals surface area (Å²) in [7, 11) is 0. The molecule has 2 heterocycles. The zero-order valence-electron chi connectivity index (χ0n) is 12.4. The summed E-state index contributed by atoms with van der Waals surface area (Å²) in [5.74, 6) is 0.299. The van der Waals surface area contributed by atoms with Crippen LogP contribution in [-0.4, -0.2) is 41.9 Å². The number of amides is 1. The quantitative estimate of drug-likeness (QED) is 0.854. The van der Waals surface area contributed by atoms with E-state index in [2.05, 4.69) is 4.90 Å². The van der Waals surface area contributed by atoms with Gasteiger partial charge in [0.2, 0.25) is 5.91 Å². The van der Waals surface area contributed by atoms with Gasteiger partial charge in [0, 0.05) is 26.2 Å². The molecule has 1 amide bonds. The number of halogens is 1. The molecule has 114 valence electrons. The highest BCUT2D eigenvalue weighted by Gasteiger charge is 2.30. The summed E-state index contributed by atoms with van der Waals surface area (Å²) < 4.78 is 12.9. The van der Waals surface area contributed by atoms with E-state index in [-0.39, 0.29) is 11.7 Å². The van der Waals surface area contributed by atoms with E-state index >= 15 is 0 Å². The predicted molar refractivity (Wildman–Crippen MR) is 80.2 cm³/mol. The van der Waals surface area contributed by atoms with Crippen LogP contribution in [0.4, 0.5) is 4.39 Å². The Morgan fingerprint density at radius 3 is 2.52 bits per heavy atom. The predicted octanol–water partition coefficient (Wildman–Crippen LogP) is 2.66. The summed E-state index contributed by atoms with van der Waals surface area (Å²) in [6.45, 7) is 4.55. The van der Waals surface area contributed by atoms with E-state index in [4.69, 9.17) is 0 Å². The Labute approximate surface area is 125 Å². The molecule has 21 heavy (non-hydrogen) atoms. The molecule has 0 aromatic heterocycles. The minimum Gasteiger partial charge on any atom is -0.342 e. The summed E-state index contributed by atoms with van der Waals surface area (Å²) in [6.07, 6.45) is 4.39. The van der Waals surface area contributed by atoms with E-state index in [1.54, 1.807) is 0 Å². The highest BCUT2D eigenvalue weighted by Crippen LogP contribution is 2.22.